The number of rotatable bonds is 13. The molecule has 0 rings (SSSR count). The first kappa shape index (κ1) is 20.2. The molecule has 0 fully saturated rings. The van der Waals surface area contributed by atoms with Gasteiger partial charge in [0.2, 0.25) is 0 Å². The zero-order valence-corrected chi connectivity index (χ0v) is 15.0. The lowest BCUT2D eigenvalue weighted by Gasteiger charge is -2.44. The van der Waals surface area contributed by atoms with E-state index in [0.717, 1.165) is 19.3 Å². The van der Waals surface area contributed by atoms with Crippen LogP contribution in [0.3, 0.4) is 0 Å². The molecule has 0 radical (unpaired) electrons. The maximum atomic E-state index is 5.88. The Hall–Kier alpha value is 0.210. The molecule has 1 atom stereocenters. The highest BCUT2D eigenvalue weighted by Crippen LogP contribution is 2.43. The van der Waals surface area contributed by atoms with Crippen LogP contribution in [-0.4, -0.2) is 25.9 Å². The van der Waals surface area contributed by atoms with E-state index in [-0.39, 0.29) is 5.41 Å². The molecule has 0 aromatic rings. The molecule has 0 heterocycles. The topological polar surface area (TPSA) is 18.5 Å². The SMILES string of the molecule is CCCCCCCCC(C)(CCCCl)C(C)(OC)OC. The van der Waals surface area contributed by atoms with Crippen molar-refractivity contribution in [3.05, 3.63) is 0 Å². The van der Waals surface area contributed by atoms with Gasteiger partial charge >= 0.3 is 0 Å². The number of ether oxygens (including phenoxy) is 2. The lowest BCUT2D eigenvalue weighted by molar-refractivity contribution is -0.264. The number of hydrogen-bond acceptors (Lipinski definition) is 2. The minimum absolute atomic E-state index is 0.0240. The van der Waals surface area contributed by atoms with E-state index >= 15 is 0 Å². The molecule has 0 N–H and O–H groups in total. The summed E-state index contributed by atoms with van der Waals surface area (Å²) in [6.07, 6.45) is 11.1. The summed E-state index contributed by atoms with van der Waals surface area (Å²) in [6.45, 7) is 6.59. The van der Waals surface area contributed by atoms with Gasteiger partial charge in [0.05, 0.1) is 0 Å². The van der Waals surface area contributed by atoms with Crippen LogP contribution < -0.4 is 0 Å². The summed E-state index contributed by atoms with van der Waals surface area (Å²) in [6, 6.07) is 0. The van der Waals surface area contributed by atoms with Crippen molar-refractivity contribution in [2.45, 2.75) is 84.3 Å². The first-order chi connectivity index (χ1) is 9.49. The van der Waals surface area contributed by atoms with Crippen LogP contribution in [0.2, 0.25) is 0 Å². The van der Waals surface area contributed by atoms with Gasteiger partial charge in [-0.2, -0.15) is 0 Å². The van der Waals surface area contributed by atoms with Crippen LogP contribution in [0, 0.1) is 5.41 Å². The molecule has 1 unspecified atom stereocenters. The summed E-state index contributed by atoms with van der Waals surface area (Å²) in [4.78, 5) is 0. The smallest absolute Gasteiger partial charge is 0.170 e. The zero-order chi connectivity index (χ0) is 15.5. The molecule has 0 aliphatic heterocycles. The first-order valence-electron chi connectivity index (χ1n) is 8.16. The van der Waals surface area contributed by atoms with Crippen LogP contribution in [0.15, 0.2) is 0 Å². The van der Waals surface area contributed by atoms with Gasteiger partial charge in [0.15, 0.2) is 5.79 Å². The van der Waals surface area contributed by atoms with Gasteiger partial charge in [0, 0.05) is 25.5 Å². The van der Waals surface area contributed by atoms with Crippen molar-refractivity contribution < 1.29 is 9.47 Å². The van der Waals surface area contributed by atoms with E-state index in [1.807, 2.05) is 0 Å². The molecule has 0 aromatic carbocycles. The highest BCUT2D eigenvalue weighted by Gasteiger charge is 2.44. The molecule has 0 aliphatic carbocycles. The number of methoxy groups -OCH3 is 2. The molecule has 3 heteroatoms. The highest BCUT2D eigenvalue weighted by atomic mass is 35.5. The van der Waals surface area contributed by atoms with Gasteiger partial charge in [-0.3, -0.25) is 0 Å². The van der Waals surface area contributed by atoms with Gasteiger partial charge in [-0.25, -0.2) is 0 Å². The van der Waals surface area contributed by atoms with Gasteiger partial charge in [0.25, 0.3) is 0 Å². The molecule has 0 saturated heterocycles. The Balaban J connectivity index is 4.39. The number of unbranched alkanes of at least 4 members (excludes halogenated alkanes) is 5. The first-order valence-corrected chi connectivity index (χ1v) is 8.69. The lowest BCUT2D eigenvalue weighted by atomic mass is 9.73. The quantitative estimate of drug-likeness (QED) is 0.244. The van der Waals surface area contributed by atoms with Crippen molar-refractivity contribution in [2.75, 3.05) is 20.1 Å². The van der Waals surface area contributed by atoms with Crippen LogP contribution in [-0.2, 0) is 9.47 Å². The third-order valence-corrected chi connectivity index (χ3v) is 5.09. The Morgan fingerprint density at radius 1 is 0.800 bits per heavy atom. The second-order valence-electron chi connectivity index (χ2n) is 6.22. The second kappa shape index (κ2) is 10.9. The van der Waals surface area contributed by atoms with Gasteiger partial charge in [0.1, 0.15) is 0 Å². The summed E-state index contributed by atoms with van der Waals surface area (Å²) in [7, 11) is 3.48. The van der Waals surface area contributed by atoms with Gasteiger partial charge in [-0.05, 0) is 26.2 Å². The van der Waals surface area contributed by atoms with E-state index in [0.29, 0.717) is 5.88 Å². The number of halogens is 1. The fourth-order valence-corrected chi connectivity index (χ4v) is 3.04. The van der Waals surface area contributed by atoms with Crippen molar-refractivity contribution in [3.63, 3.8) is 0 Å². The van der Waals surface area contributed by atoms with Crippen LogP contribution in [0.1, 0.15) is 78.6 Å². The minimum atomic E-state index is -0.525. The normalized spacial score (nSPS) is 15.3. The summed E-state index contributed by atoms with van der Waals surface area (Å²) in [5.41, 5.74) is 0.0240. The van der Waals surface area contributed by atoms with E-state index < -0.39 is 5.79 Å². The summed E-state index contributed by atoms with van der Waals surface area (Å²) >= 11 is 5.88. The average molecular weight is 307 g/mol. The predicted octanol–water partition coefficient (Wildman–Crippen LogP) is 5.77. The summed E-state index contributed by atoms with van der Waals surface area (Å²) in [5, 5.41) is 0. The second-order valence-corrected chi connectivity index (χ2v) is 6.60. The van der Waals surface area contributed by atoms with Crippen molar-refractivity contribution in [2.24, 2.45) is 5.41 Å². The van der Waals surface area contributed by atoms with Gasteiger partial charge in [-0.15, -0.1) is 11.6 Å². The lowest BCUT2D eigenvalue weighted by Crippen LogP contribution is -2.47. The van der Waals surface area contributed by atoms with E-state index in [2.05, 4.69) is 20.8 Å². The van der Waals surface area contributed by atoms with Crippen molar-refractivity contribution >= 4 is 11.6 Å². The predicted molar refractivity (Wildman–Crippen MR) is 88.5 cm³/mol. The molecule has 0 saturated carbocycles. The molecule has 0 aliphatic rings. The van der Waals surface area contributed by atoms with Crippen LogP contribution in [0.5, 0.6) is 0 Å². The minimum Gasteiger partial charge on any atom is -0.353 e. The highest BCUT2D eigenvalue weighted by molar-refractivity contribution is 6.17. The molecular weight excluding hydrogens is 272 g/mol. The Bertz CT molecular complexity index is 229. The summed E-state index contributed by atoms with van der Waals surface area (Å²) < 4.78 is 11.4. The maximum absolute atomic E-state index is 5.88. The molecule has 0 spiro atoms. The fraction of sp³-hybridized carbons (Fsp3) is 1.00. The van der Waals surface area contributed by atoms with E-state index in [1.165, 1.54) is 38.5 Å². The Morgan fingerprint density at radius 2 is 1.30 bits per heavy atom. The van der Waals surface area contributed by atoms with Crippen molar-refractivity contribution in [1.82, 2.24) is 0 Å². The largest absolute Gasteiger partial charge is 0.353 e. The molecule has 0 amide bonds. The molecular formula is C17H35ClO2. The molecule has 0 bridgehead atoms. The number of hydrogen-bond donors (Lipinski definition) is 0. The van der Waals surface area contributed by atoms with Crippen molar-refractivity contribution in [1.29, 1.82) is 0 Å². The number of alkyl halides is 1. The maximum Gasteiger partial charge on any atom is 0.170 e. The molecule has 0 aromatic heterocycles. The standard InChI is InChI=1S/C17H35ClO2/c1-6-7-8-9-10-11-13-16(2,14-12-15-18)17(3,19-4)20-5/h6-15H2,1-5H3. The average Bonchev–Trinajstić information content (AvgIpc) is 2.47. The van der Waals surface area contributed by atoms with Gasteiger partial charge < -0.3 is 9.47 Å². The Morgan fingerprint density at radius 3 is 1.80 bits per heavy atom. The zero-order valence-electron chi connectivity index (χ0n) is 14.3. The fourth-order valence-electron chi connectivity index (χ4n) is 2.91. The van der Waals surface area contributed by atoms with E-state index in [1.54, 1.807) is 14.2 Å². The van der Waals surface area contributed by atoms with Crippen molar-refractivity contribution in [3.8, 4) is 0 Å². The third-order valence-electron chi connectivity index (χ3n) is 4.82. The van der Waals surface area contributed by atoms with Crippen LogP contribution in [0.25, 0.3) is 0 Å². The molecule has 122 valence electrons. The Labute approximate surface area is 131 Å². The van der Waals surface area contributed by atoms with E-state index in [9.17, 15) is 0 Å². The van der Waals surface area contributed by atoms with E-state index in [4.69, 9.17) is 21.1 Å². The third kappa shape index (κ3) is 6.32. The Kier molecular flexibility index (Phi) is 11.0. The van der Waals surface area contributed by atoms with Gasteiger partial charge in [-0.1, -0.05) is 52.4 Å². The van der Waals surface area contributed by atoms with Crippen LogP contribution >= 0.6 is 11.6 Å². The monoisotopic (exact) mass is 306 g/mol. The molecule has 20 heavy (non-hydrogen) atoms. The summed E-state index contributed by atoms with van der Waals surface area (Å²) in [5.74, 6) is 0.179. The van der Waals surface area contributed by atoms with Crippen LogP contribution in [0.4, 0.5) is 0 Å². The molecule has 2 nitrogen and oxygen atoms in total.